The Morgan fingerprint density at radius 2 is 1.67 bits per heavy atom. The largest absolute Gasteiger partial charge is 0.496 e. The Hall–Kier alpha value is -1.56. The fraction of sp³-hybridized carbons (Fsp3) is 0.200. The fourth-order valence-corrected chi connectivity index (χ4v) is 3.33. The number of hydrogen-bond acceptors (Lipinski definition) is 3. The Morgan fingerprint density at radius 3 is 2.33 bits per heavy atom. The lowest BCUT2D eigenvalue weighted by Gasteiger charge is -2.10. The van der Waals surface area contributed by atoms with Crippen LogP contribution in [0.1, 0.15) is 11.1 Å². The molecule has 21 heavy (non-hydrogen) atoms. The third-order valence-electron chi connectivity index (χ3n) is 2.98. The van der Waals surface area contributed by atoms with Gasteiger partial charge in [-0.15, -0.1) is 0 Å². The number of hydrogen-bond donors (Lipinski definition) is 1. The number of para-hydroxylation sites is 1. The van der Waals surface area contributed by atoms with Crippen LogP contribution in [0.4, 0.5) is 0 Å². The van der Waals surface area contributed by atoms with Crippen LogP contribution in [0.25, 0.3) is 0 Å². The van der Waals surface area contributed by atoms with Crippen molar-refractivity contribution in [1.29, 1.82) is 0 Å². The molecule has 6 heteroatoms. The first-order valence-electron chi connectivity index (χ1n) is 6.34. The Balaban J connectivity index is 2.07. The highest BCUT2D eigenvalue weighted by Gasteiger charge is 2.14. The molecule has 0 unspecified atom stereocenters. The molecule has 1 N–H and O–H groups in total. The van der Waals surface area contributed by atoms with E-state index in [1.807, 2.05) is 18.2 Å². The highest BCUT2D eigenvalue weighted by Crippen LogP contribution is 2.19. The van der Waals surface area contributed by atoms with Crippen LogP contribution in [0.3, 0.4) is 0 Å². The second kappa shape index (κ2) is 6.93. The number of halogens is 1. The minimum Gasteiger partial charge on any atom is -0.496 e. The summed E-state index contributed by atoms with van der Waals surface area (Å²) in [4.78, 5) is 0. The summed E-state index contributed by atoms with van der Waals surface area (Å²) in [5, 5.41) is 0.445. The molecule has 4 nitrogen and oxygen atoms in total. The second-order valence-electron chi connectivity index (χ2n) is 4.48. The van der Waals surface area contributed by atoms with E-state index in [4.69, 9.17) is 16.3 Å². The summed E-state index contributed by atoms with van der Waals surface area (Å²) in [7, 11) is -1.92. The molecule has 0 radical (unpaired) electrons. The van der Waals surface area contributed by atoms with E-state index in [0.29, 0.717) is 16.3 Å². The third kappa shape index (κ3) is 4.46. The molecular weight excluding hydrogens is 310 g/mol. The first-order valence-corrected chi connectivity index (χ1v) is 8.37. The summed E-state index contributed by atoms with van der Waals surface area (Å²) in [5.74, 6) is 0.500. The van der Waals surface area contributed by atoms with Gasteiger partial charge in [-0.1, -0.05) is 48.0 Å². The van der Waals surface area contributed by atoms with Crippen molar-refractivity contribution in [3.8, 4) is 5.75 Å². The van der Waals surface area contributed by atoms with Crippen LogP contribution in [0.5, 0.6) is 5.75 Å². The molecule has 0 bridgehead atoms. The number of methoxy groups -OCH3 is 1. The van der Waals surface area contributed by atoms with Crippen molar-refractivity contribution in [2.75, 3.05) is 7.11 Å². The Bertz CT molecular complexity index is 716. The lowest BCUT2D eigenvalue weighted by atomic mass is 10.2. The SMILES string of the molecule is COc1ccccc1CNS(=O)(=O)Cc1ccccc1Cl. The first kappa shape index (κ1) is 15.8. The van der Waals surface area contributed by atoms with E-state index in [1.54, 1.807) is 37.4 Å². The molecular formula is C15H16ClNO3S. The van der Waals surface area contributed by atoms with Crippen LogP contribution < -0.4 is 9.46 Å². The van der Waals surface area contributed by atoms with Gasteiger partial charge in [-0.3, -0.25) is 0 Å². The Labute approximate surface area is 129 Å². The molecule has 0 aliphatic carbocycles. The average Bonchev–Trinajstić information content (AvgIpc) is 2.48. The lowest BCUT2D eigenvalue weighted by Crippen LogP contribution is -2.25. The summed E-state index contributed by atoms with van der Waals surface area (Å²) in [6.45, 7) is 0.177. The van der Waals surface area contributed by atoms with Gasteiger partial charge in [-0.05, 0) is 17.7 Å². The van der Waals surface area contributed by atoms with Crippen molar-refractivity contribution in [3.63, 3.8) is 0 Å². The maximum Gasteiger partial charge on any atom is 0.216 e. The number of rotatable bonds is 6. The number of benzene rings is 2. The van der Waals surface area contributed by atoms with Crippen molar-refractivity contribution < 1.29 is 13.2 Å². The van der Waals surface area contributed by atoms with Crippen LogP contribution >= 0.6 is 11.6 Å². The van der Waals surface area contributed by atoms with Gasteiger partial charge in [0.1, 0.15) is 5.75 Å². The molecule has 0 saturated heterocycles. The maximum absolute atomic E-state index is 12.1. The standard InChI is InChI=1S/C15H16ClNO3S/c1-20-15-9-5-3-6-12(15)10-17-21(18,19)11-13-7-2-4-8-14(13)16/h2-9,17H,10-11H2,1H3. The topological polar surface area (TPSA) is 55.4 Å². The van der Waals surface area contributed by atoms with Crippen molar-refractivity contribution in [2.24, 2.45) is 0 Å². The normalized spacial score (nSPS) is 11.3. The highest BCUT2D eigenvalue weighted by atomic mass is 35.5. The van der Waals surface area contributed by atoms with E-state index in [2.05, 4.69) is 4.72 Å². The molecule has 0 atom stereocenters. The Kier molecular flexibility index (Phi) is 5.22. The second-order valence-corrected chi connectivity index (χ2v) is 6.70. The first-order chi connectivity index (χ1) is 10.0. The van der Waals surface area contributed by atoms with Crippen LogP contribution in [0.15, 0.2) is 48.5 Å². The number of nitrogens with one attached hydrogen (secondary N) is 1. The molecule has 0 aromatic heterocycles. The summed E-state index contributed by atoms with van der Waals surface area (Å²) in [6, 6.07) is 14.2. The molecule has 0 saturated carbocycles. The molecule has 0 spiro atoms. The van der Waals surface area contributed by atoms with Crippen LogP contribution in [0, 0.1) is 0 Å². The van der Waals surface area contributed by atoms with Gasteiger partial charge in [0.2, 0.25) is 10.0 Å². The number of ether oxygens (including phenoxy) is 1. The van der Waals surface area contributed by atoms with E-state index < -0.39 is 10.0 Å². The molecule has 0 aliphatic rings. The van der Waals surface area contributed by atoms with Gasteiger partial charge in [-0.2, -0.15) is 0 Å². The minimum absolute atomic E-state index is 0.151. The van der Waals surface area contributed by atoms with Crippen molar-refractivity contribution >= 4 is 21.6 Å². The fourth-order valence-electron chi connectivity index (χ4n) is 1.91. The van der Waals surface area contributed by atoms with E-state index in [9.17, 15) is 8.42 Å². The molecule has 0 aliphatic heterocycles. The summed E-state index contributed by atoms with van der Waals surface area (Å²) in [5.41, 5.74) is 1.36. The third-order valence-corrected chi connectivity index (χ3v) is 4.62. The predicted octanol–water partition coefficient (Wildman–Crippen LogP) is 2.97. The van der Waals surface area contributed by atoms with E-state index in [0.717, 1.165) is 5.56 Å². The van der Waals surface area contributed by atoms with Gasteiger partial charge in [0.05, 0.1) is 12.9 Å². The van der Waals surface area contributed by atoms with Crippen molar-refractivity contribution in [1.82, 2.24) is 4.72 Å². The maximum atomic E-state index is 12.1. The van der Waals surface area contributed by atoms with Crippen molar-refractivity contribution in [3.05, 3.63) is 64.7 Å². The van der Waals surface area contributed by atoms with Crippen LogP contribution in [-0.4, -0.2) is 15.5 Å². The zero-order valence-electron chi connectivity index (χ0n) is 11.5. The minimum atomic E-state index is -3.47. The van der Waals surface area contributed by atoms with Gasteiger partial charge in [0, 0.05) is 17.1 Å². The molecule has 0 heterocycles. The van der Waals surface area contributed by atoms with Gasteiger partial charge < -0.3 is 4.74 Å². The molecule has 0 fully saturated rings. The van der Waals surface area contributed by atoms with Gasteiger partial charge >= 0.3 is 0 Å². The quantitative estimate of drug-likeness (QED) is 0.888. The highest BCUT2D eigenvalue weighted by molar-refractivity contribution is 7.88. The van der Waals surface area contributed by atoms with E-state index >= 15 is 0 Å². The van der Waals surface area contributed by atoms with E-state index in [-0.39, 0.29) is 12.3 Å². The molecule has 112 valence electrons. The molecule has 2 aromatic carbocycles. The average molecular weight is 326 g/mol. The molecule has 2 rings (SSSR count). The zero-order valence-corrected chi connectivity index (χ0v) is 13.1. The Morgan fingerprint density at radius 1 is 1.05 bits per heavy atom. The monoisotopic (exact) mass is 325 g/mol. The zero-order chi connectivity index (χ0) is 15.3. The predicted molar refractivity (Wildman–Crippen MR) is 83.9 cm³/mol. The molecule has 0 amide bonds. The van der Waals surface area contributed by atoms with Crippen molar-refractivity contribution in [2.45, 2.75) is 12.3 Å². The van der Waals surface area contributed by atoms with E-state index in [1.165, 1.54) is 0 Å². The lowest BCUT2D eigenvalue weighted by molar-refractivity contribution is 0.409. The van der Waals surface area contributed by atoms with Crippen LogP contribution in [-0.2, 0) is 22.3 Å². The summed E-state index contributed by atoms with van der Waals surface area (Å²) in [6.07, 6.45) is 0. The summed E-state index contributed by atoms with van der Waals surface area (Å²) >= 11 is 5.98. The summed E-state index contributed by atoms with van der Waals surface area (Å²) < 4.78 is 32.0. The van der Waals surface area contributed by atoms with Gasteiger partial charge in [0.15, 0.2) is 0 Å². The van der Waals surface area contributed by atoms with Crippen LogP contribution in [0.2, 0.25) is 5.02 Å². The van der Waals surface area contributed by atoms with Gasteiger partial charge in [-0.25, -0.2) is 13.1 Å². The molecule has 2 aromatic rings. The smallest absolute Gasteiger partial charge is 0.216 e. The van der Waals surface area contributed by atoms with Gasteiger partial charge in [0.25, 0.3) is 0 Å². The number of sulfonamides is 1.